The van der Waals surface area contributed by atoms with E-state index in [-0.39, 0.29) is 17.9 Å². The summed E-state index contributed by atoms with van der Waals surface area (Å²) in [6.07, 6.45) is 3.16. The van der Waals surface area contributed by atoms with E-state index in [4.69, 9.17) is 0 Å². The normalized spacial score (nSPS) is 17.7. The Kier molecular flexibility index (Phi) is 5.65. The zero-order valence-corrected chi connectivity index (χ0v) is 16.4. The molecule has 1 atom stereocenters. The van der Waals surface area contributed by atoms with Crippen LogP contribution in [0.5, 0.6) is 0 Å². The molecule has 0 saturated carbocycles. The van der Waals surface area contributed by atoms with Crippen molar-refractivity contribution in [3.05, 3.63) is 34.9 Å². The highest BCUT2D eigenvalue weighted by molar-refractivity contribution is 5.93. The van der Waals surface area contributed by atoms with Crippen LogP contribution in [-0.2, 0) is 11.8 Å². The Morgan fingerprint density at radius 1 is 1.30 bits per heavy atom. The van der Waals surface area contributed by atoms with Gasteiger partial charge in [0, 0.05) is 19.8 Å². The number of H-pyrrole nitrogens is 1. The number of nitrogens with one attached hydrogen (secondary N) is 3. The van der Waals surface area contributed by atoms with Crippen LogP contribution in [0.3, 0.4) is 0 Å². The van der Waals surface area contributed by atoms with Gasteiger partial charge >= 0.3 is 0 Å². The Bertz CT molecular complexity index is 818. The number of hydrogen-bond donors (Lipinski definition) is 3. The minimum absolute atomic E-state index is 0.0461. The molecule has 8 nitrogen and oxygen atoms in total. The van der Waals surface area contributed by atoms with E-state index in [1.54, 1.807) is 7.05 Å². The number of carbonyl (C=O) groups excluding carboxylic acids is 2. The minimum atomic E-state index is -0.102. The average Bonchev–Trinajstić information content (AvgIpc) is 3.18. The van der Waals surface area contributed by atoms with Crippen molar-refractivity contribution in [1.29, 1.82) is 0 Å². The molecule has 8 heteroatoms. The van der Waals surface area contributed by atoms with Gasteiger partial charge in [0.15, 0.2) is 0 Å². The molecule has 1 fully saturated rings. The van der Waals surface area contributed by atoms with Crippen LogP contribution in [0.2, 0.25) is 0 Å². The van der Waals surface area contributed by atoms with Gasteiger partial charge < -0.3 is 15.2 Å². The molecule has 0 bridgehead atoms. The van der Waals surface area contributed by atoms with E-state index in [0.29, 0.717) is 12.2 Å². The first-order valence-corrected chi connectivity index (χ1v) is 9.35. The Morgan fingerprint density at radius 2 is 2.07 bits per heavy atom. The number of amides is 2. The Labute approximate surface area is 159 Å². The fourth-order valence-corrected chi connectivity index (χ4v) is 3.83. The van der Waals surface area contributed by atoms with Gasteiger partial charge in [-0.1, -0.05) is 6.42 Å². The number of aromatic nitrogens is 3. The van der Waals surface area contributed by atoms with Crippen LogP contribution in [0.4, 0.5) is 5.69 Å². The molecule has 1 aliphatic heterocycles. The first kappa shape index (κ1) is 19.2. The molecule has 0 unspecified atom stereocenters. The van der Waals surface area contributed by atoms with Gasteiger partial charge in [0.2, 0.25) is 5.91 Å². The maximum absolute atomic E-state index is 12.6. The van der Waals surface area contributed by atoms with Gasteiger partial charge in [-0.25, -0.2) is 0 Å². The van der Waals surface area contributed by atoms with Gasteiger partial charge in [-0.05, 0) is 45.4 Å². The van der Waals surface area contributed by atoms with Gasteiger partial charge in [0.25, 0.3) is 5.91 Å². The molecular weight excluding hydrogens is 344 g/mol. The first-order valence-electron chi connectivity index (χ1n) is 9.35. The third-order valence-corrected chi connectivity index (χ3v) is 5.31. The zero-order chi connectivity index (χ0) is 19.6. The summed E-state index contributed by atoms with van der Waals surface area (Å²) in [5, 5.41) is 12.7. The quantitative estimate of drug-likeness (QED) is 0.747. The van der Waals surface area contributed by atoms with E-state index in [1.807, 2.05) is 37.6 Å². The van der Waals surface area contributed by atoms with Crippen LogP contribution in [-0.4, -0.2) is 51.6 Å². The van der Waals surface area contributed by atoms with Crippen LogP contribution in [0.1, 0.15) is 52.9 Å². The van der Waals surface area contributed by atoms with E-state index >= 15 is 0 Å². The Hall–Kier alpha value is -2.61. The van der Waals surface area contributed by atoms with Crippen molar-refractivity contribution >= 4 is 17.5 Å². The van der Waals surface area contributed by atoms with Crippen LogP contribution in [0, 0.1) is 13.8 Å². The van der Waals surface area contributed by atoms with E-state index in [1.165, 1.54) is 0 Å². The SMILES string of the molecule is CNC(=O)c1ccc([C@@H]2CCCCN2CC(=O)Nc2c(C)n[nH]c2C)n1C. The predicted molar refractivity (Wildman–Crippen MR) is 104 cm³/mol. The average molecular weight is 372 g/mol. The lowest BCUT2D eigenvalue weighted by molar-refractivity contribution is -0.118. The number of piperidine rings is 1. The summed E-state index contributed by atoms with van der Waals surface area (Å²) in [5.41, 5.74) is 4.10. The summed E-state index contributed by atoms with van der Waals surface area (Å²) in [7, 11) is 3.54. The summed E-state index contributed by atoms with van der Waals surface area (Å²) in [6, 6.07) is 3.97. The summed E-state index contributed by atoms with van der Waals surface area (Å²) in [4.78, 5) is 26.9. The van der Waals surface area contributed by atoms with Crippen LogP contribution in [0.15, 0.2) is 12.1 Å². The summed E-state index contributed by atoms with van der Waals surface area (Å²) >= 11 is 0. The number of carbonyl (C=O) groups is 2. The van der Waals surface area contributed by atoms with Crippen molar-refractivity contribution in [2.45, 2.75) is 39.2 Å². The third-order valence-electron chi connectivity index (χ3n) is 5.31. The van der Waals surface area contributed by atoms with Crippen LogP contribution < -0.4 is 10.6 Å². The Balaban J connectivity index is 1.75. The van der Waals surface area contributed by atoms with Gasteiger partial charge in [-0.15, -0.1) is 0 Å². The summed E-state index contributed by atoms with van der Waals surface area (Å²) in [5.74, 6) is -0.148. The summed E-state index contributed by atoms with van der Waals surface area (Å²) < 4.78 is 1.93. The molecular formula is C19H28N6O2. The molecule has 0 aliphatic carbocycles. The van der Waals surface area contributed by atoms with Crippen LogP contribution in [0.25, 0.3) is 0 Å². The highest BCUT2D eigenvalue weighted by Crippen LogP contribution is 2.31. The number of hydrogen-bond acceptors (Lipinski definition) is 4. The van der Waals surface area contributed by atoms with E-state index < -0.39 is 0 Å². The second kappa shape index (κ2) is 7.96. The number of rotatable bonds is 5. The first-order chi connectivity index (χ1) is 12.9. The molecule has 146 valence electrons. The molecule has 3 heterocycles. The third kappa shape index (κ3) is 3.90. The van der Waals surface area contributed by atoms with E-state index in [9.17, 15) is 9.59 Å². The number of aryl methyl sites for hydroxylation is 2. The molecule has 1 aliphatic rings. The minimum Gasteiger partial charge on any atom is -0.354 e. The Morgan fingerprint density at radius 3 is 2.74 bits per heavy atom. The maximum Gasteiger partial charge on any atom is 0.267 e. The number of likely N-dealkylation sites (tertiary alicyclic amines) is 1. The van der Waals surface area contributed by atoms with Gasteiger partial charge in [-0.3, -0.25) is 19.6 Å². The molecule has 2 amide bonds. The summed E-state index contributed by atoms with van der Waals surface area (Å²) in [6.45, 7) is 4.94. The fraction of sp³-hybridized carbons (Fsp3) is 0.526. The molecule has 1 saturated heterocycles. The second-order valence-electron chi connectivity index (χ2n) is 7.12. The lowest BCUT2D eigenvalue weighted by Crippen LogP contribution is -2.40. The highest BCUT2D eigenvalue weighted by Gasteiger charge is 2.29. The molecule has 2 aromatic rings. The number of nitrogens with zero attached hydrogens (tertiary/aromatic N) is 3. The van der Waals surface area contributed by atoms with E-state index in [0.717, 1.165) is 48.6 Å². The highest BCUT2D eigenvalue weighted by atomic mass is 16.2. The molecule has 3 rings (SSSR count). The van der Waals surface area contributed by atoms with Crippen molar-refractivity contribution < 1.29 is 9.59 Å². The van der Waals surface area contributed by atoms with Gasteiger partial charge in [-0.2, -0.15) is 5.10 Å². The van der Waals surface area contributed by atoms with Crippen LogP contribution >= 0.6 is 0 Å². The molecule has 0 radical (unpaired) electrons. The van der Waals surface area contributed by atoms with Gasteiger partial charge in [0.05, 0.1) is 29.7 Å². The smallest absolute Gasteiger partial charge is 0.267 e. The van der Waals surface area contributed by atoms with Crippen molar-refractivity contribution in [1.82, 2.24) is 25.0 Å². The predicted octanol–water partition coefficient (Wildman–Crippen LogP) is 1.89. The number of aromatic amines is 1. The molecule has 2 aromatic heterocycles. The topological polar surface area (TPSA) is 95.1 Å². The monoisotopic (exact) mass is 372 g/mol. The molecule has 0 aromatic carbocycles. The molecule has 3 N–H and O–H groups in total. The lowest BCUT2D eigenvalue weighted by atomic mass is 9.99. The lowest BCUT2D eigenvalue weighted by Gasteiger charge is -2.35. The van der Waals surface area contributed by atoms with Crippen molar-refractivity contribution in [3.8, 4) is 0 Å². The van der Waals surface area contributed by atoms with Crippen molar-refractivity contribution in [2.75, 3.05) is 25.5 Å². The molecule has 27 heavy (non-hydrogen) atoms. The maximum atomic E-state index is 12.6. The molecule has 0 spiro atoms. The number of anilines is 1. The fourth-order valence-electron chi connectivity index (χ4n) is 3.83. The largest absolute Gasteiger partial charge is 0.354 e. The zero-order valence-electron chi connectivity index (χ0n) is 16.4. The van der Waals surface area contributed by atoms with E-state index in [2.05, 4.69) is 25.7 Å². The second-order valence-corrected chi connectivity index (χ2v) is 7.12. The standard InChI is InChI=1S/C19H28N6O2/c1-12-18(13(2)23-22-12)21-17(26)11-25-10-6-5-7-15(25)14-8-9-16(24(14)4)19(27)20-3/h8-9,15H,5-7,10-11H2,1-4H3,(H,20,27)(H,21,26)(H,22,23)/t15-/m0/s1. The van der Waals surface area contributed by atoms with Crippen molar-refractivity contribution in [3.63, 3.8) is 0 Å². The van der Waals surface area contributed by atoms with Gasteiger partial charge in [0.1, 0.15) is 5.69 Å². The van der Waals surface area contributed by atoms with Crippen molar-refractivity contribution in [2.24, 2.45) is 7.05 Å².